The second-order valence-corrected chi connectivity index (χ2v) is 3.38. The first-order valence-electron chi connectivity index (χ1n) is 4.51. The maximum Gasteiger partial charge on any atom is 0.126 e. The molecule has 1 atom stereocenters. The molecule has 0 saturated carbocycles. The maximum atomic E-state index is 9.51. The molecule has 4 nitrogen and oxygen atoms in total. The zero-order valence-electron chi connectivity index (χ0n) is 8.07. The number of nitrogens with two attached hydrogens (primary N) is 1. The van der Waals surface area contributed by atoms with Gasteiger partial charge in [-0.15, -0.1) is 0 Å². The molecule has 0 radical (unpaired) electrons. The van der Waals surface area contributed by atoms with E-state index in [2.05, 4.69) is 0 Å². The minimum absolute atomic E-state index is 0.0272. The normalized spacial score (nSPS) is 12.7. The van der Waals surface area contributed by atoms with Crippen LogP contribution >= 0.6 is 0 Å². The van der Waals surface area contributed by atoms with Crippen molar-refractivity contribution < 1.29 is 15.3 Å². The molecule has 1 aromatic rings. The van der Waals surface area contributed by atoms with Gasteiger partial charge in [-0.05, 0) is 18.9 Å². The van der Waals surface area contributed by atoms with Crippen LogP contribution in [0.1, 0.15) is 24.8 Å². The molecule has 0 aliphatic heterocycles. The monoisotopic (exact) mass is 197 g/mol. The van der Waals surface area contributed by atoms with E-state index in [0.717, 1.165) is 0 Å². The Bertz CT molecular complexity index is 302. The van der Waals surface area contributed by atoms with Gasteiger partial charge >= 0.3 is 0 Å². The van der Waals surface area contributed by atoms with Crippen LogP contribution in [0.15, 0.2) is 12.1 Å². The third-order valence-corrected chi connectivity index (χ3v) is 2.21. The van der Waals surface area contributed by atoms with E-state index in [4.69, 9.17) is 10.8 Å². The Labute approximate surface area is 82.6 Å². The van der Waals surface area contributed by atoms with E-state index in [0.29, 0.717) is 18.5 Å². The quantitative estimate of drug-likeness (QED) is 0.587. The van der Waals surface area contributed by atoms with Crippen LogP contribution in [0.4, 0.5) is 0 Å². The molecule has 0 fully saturated rings. The summed E-state index contributed by atoms with van der Waals surface area (Å²) in [5.41, 5.74) is 5.82. The molecule has 5 N–H and O–H groups in total. The Morgan fingerprint density at radius 2 is 1.71 bits per heavy atom. The average Bonchev–Trinajstić information content (AvgIpc) is 2.01. The fourth-order valence-electron chi connectivity index (χ4n) is 1.51. The fourth-order valence-corrected chi connectivity index (χ4v) is 1.51. The van der Waals surface area contributed by atoms with Crippen molar-refractivity contribution in [1.82, 2.24) is 0 Å². The summed E-state index contributed by atoms with van der Waals surface area (Å²) in [4.78, 5) is 0. The van der Waals surface area contributed by atoms with Crippen LogP contribution in [0.2, 0.25) is 0 Å². The van der Waals surface area contributed by atoms with Crippen molar-refractivity contribution >= 4 is 0 Å². The predicted molar refractivity (Wildman–Crippen MR) is 53.5 cm³/mol. The number of aromatic hydroxyl groups is 3. The molecule has 4 heteroatoms. The first kappa shape index (κ1) is 10.7. The Hall–Kier alpha value is -1.42. The lowest BCUT2D eigenvalue weighted by Gasteiger charge is -2.14. The van der Waals surface area contributed by atoms with Gasteiger partial charge in [0, 0.05) is 17.7 Å². The Kier molecular flexibility index (Phi) is 3.19. The van der Waals surface area contributed by atoms with Gasteiger partial charge in [0.25, 0.3) is 0 Å². The minimum atomic E-state index is -0.149. The van der Waals surface area contributed by atoms with Crippen molar-refractivity contribution in [2.45, 2.75) is 19.3 Å². The molecule has 0 aliphatic carbocycles. The number of phenols is 3. The highest BCUT2D eigenvalue weighted by Gasteiger charge is 2.15. The molecule has 14 heavy (non-hydrogen) atoms. The highest BCUT2D eigenvalue weighted by Crippen LogP contribution is 2.38. The Balaban J connectivity index is 3.07. The molecular formula is C10H15NO3. The zero-order valence-corrected chi connectivity index (χ0v) is 8.07. The van der Waals surface area contributed by atoms with E-state index in [-0.39, 0.29) is 23.2 Å². The summed E-state index contributed by atoms with van der Waals surface area (Å²) in [6.07, 6.45) is 0.673. The number of hydrogen-bond acceptors (Lipinski definition) is 4. The summed E-state index contributed by atoms with van der Waals surface area (Å²) in [6, 6.07) is 2.42. The molecule has 1 rings (SSSR count). The van der Waals surface area contributed by atoms with Gasteiger partial charge in [0.05, 0.1) is 0 Å². The van der Waals surface area contributed by atoms with Gasteiger partial charge in [-0.3, -0.25) is 0 Å². The van der Waals surface area contributed by atoms with E-state index in [1.54, 1.807) is 0 Å². The van der Waals surface area contributed by atoms with Gasteiger partial charge in [0.15, 0.2) is 0 Å². The lowest BCUT2D eigenvalue weighted by atomic mass is 9.96. The lowest BCUT2D eigenvalue weighted by Crippen LogP contribution is -2.04. The fraction of sp³-hybridized carbons (Fsp3) is 0.400. The summed E-state index contributed by atoms with van der Waals surface area (Å²) in [6.45, 7) is 2.35. The SMILES string of the molecule is CC(CCN)c1c(O)cc(O)cc1O. The molecule has 0 aromatic heterocycles. The molecule has 0 bridgehead atoms. The summed E-state index contributed by atoms with van der Waals surface area (Å²) in [5.74, 6) is -0.365. The van der Waals surface area contributed by atoms with Gasteiger partial charge < -0.3 is 21.1 Å². The maximum absolute atomic E-state index is 9.51. The van der Waals surface area contributed by atoms with Crippen LogP contribution in [0, 0.1) is 0 Å². The van der Waals surface area contributed by atoms with E-state index < -0.39 is 0 Å². The van der Waals surface area contributed by atoms with Gasteiger partial charge in [-0.1, -0.05) is 6.92 Å². The summed E-state index contributed by atoms with van der Waals surface area (Å²) < 4.78 is 0. The smallest absolute Gasteiger partial charge is 0.126 e. The number of benzene rings is 1. The van der Waals surface area contributed by atoms with Crippen LogP contribution in [-0.2, 0) is 0 Å². The molecule has 1 unspecified atom stereocenters. The molecule has 0 aliphatic rings. The first-order valence-corrected chi connectivity index (χ1v) is 4.51. The number of rotatable bonds is 3. The third kappa shape index (κ3) is 2.09. The summed E-state index contributed by atoms with van der Waals surface area (Å²) in [5, 5.41) is 28.1. The van der Waals surface area contributed by atoms with Gasteiger partial charge in [-0.25, -0.2) is 0 Å². The van der Waals surface area contributed by atoms with Crippen LogP contribution in [-0.4, -0.2) is 21.9 Å². The molecule has 78 valence electrons. The van der Waals surface area contributed by atoms with Gasteiger partial charge in [-0.2, -0.15) is 0 Å². The lowest BCUT2D eigenvalue weighted by molar-refractivity contribution is 0.411. The van der Waals surface area contributed by atoms with E-state index >= 15 is 0 Å². The second-order valence-electron chi connectivity index (χ2n) is 3.38. The van der Waals surface area contributed by atoms with Crippen LogP contribution in [0.5, 0.6) is 17.2 Å². The van der Waals surface area contributed by atoms with Crippen LogP contribution in [0.3, 0.4) is 0 Å². The van der Waals surface area contributed by atoms with Crippen molar-refractivity contribution in [3.63, 3.8) is 0 Å². The first-order chi connectivity index (χ1) is 6.56. The predicted octanol–water partition coefficient (Wildman–Crippen LogP) is 1.26. The molecule has 0 amide bonds. The zero-order chi connectivity index (χ0) is 10.7. The van der Waals surface area contributed by atoms with Crippen molar-refractivity contribution in [2.24, 2.45) is 5.73 Å². The number of phenolic OH excluding ortho intramolecular Hbond substituents is 3. The summed E-state index contributed by atoms with van der Waals surface area (Å²) >= 11 is 0. The van der Waals surface area contributed by atoms with Crippen molar-refractivity contribution in [3.8, 4) is 17.2 Å². The van der Waals surface area contributed by atoms with E-state index in [1.165, 1.54) is 12.1 Å². The molecule has 0 saturated heterocycles. The van der Waals surface area contributed by atoms with E-state index in [9.17, 15) is 10.2 Å². The third-order valence-electron chi connectivity index (χ3n) is 2.21. The summed E-state index contributed by atoms with van der Waals surface area (Å²) in [7, 11) is 0. The highest BCUT2D eigenvalue weighted by molar-refractivity contribution is 5.50. The number of hydrogen-bond donors (Lipinski definition) is 4. The molecule has 0 heterocycles. The van der Waals surface area contributed by atoms with Gasteiger partial charge in [0.2, 0.25) is 0 Å². The van der Waals surface area contributed by atoms with Crippen molar-refractivity contribution in [3.05, 3.63) is 17.7 Å². The standard InChI is InChI=1S/C10H15NO3/c1-6(2-3-11)10-8(13)4-7(12)5-9(10)14/h4-6,12-14H,2-3,11H2,1H3. The highest BCUT2D eigenvalue weighted by atomic mass is 16.3. The molecule has 0 spiro atoms. The van der Waals surface area contributed by atoms with Crippen molar-refractivity contribution in [2.75, 3.05) is 6.54 Å². The second kappa shape index (κ2) is 4.19. The Morgan fingerprint density at radius 3 is 2.14 bits per heavy atom. The van der Waals surface area contributed by atoms with Gasteiger partial charge in [0.1, 0.15) is 17.2 Å². The van der Waals surface area contributed by atoms with Crippen LogP contribution in [0.25, 0.3) is 0 Å². The van der Waals surface area contributed by atoms with Crippen LogP contribution < -0.4 is 5.73 Å². The van der Waals surface area contributed by atoms with Crippen molar-refractivity contribution in [1.29, 1.82) is 0 Å². The average molecular weight is 197 g/mol. The Morgan fingerprint density at radius 1 is 1.21 bits per heavy atom. The topological polar surface area (TPSA) is 86.7 Å². The largest absolute Gasteiger partial charge is 0.508 e. The molecular weight excluding hydrogens is 182 g/mol. The minimum Gasteiger partial charge on any atom is -0.508 e. The van der Waals surface area contributed by atoms with E-state index in [1.807, 2.05) is 6.92 Å². The molecule has 1 aromatic carbocycles.